The van der Waals surface area contributed by atoms with Crippen LogP contribution in [0.5, 0.6) is 0 Å². The van der Waals surface area contributed by atoms with Gasteiger partial charge in [0.1, 0.15) is 0 Å². The van der Waals surface area contributed by atoms with Crippen LogP contribution in [0.2, 0.25) is 0 Å². The van der Waals surface area contributed by atoms with Crippen molar-refractivity contribution in [3.05, 3.63) is 45.7 Å². The summed E-state index contributed by atoms with van der Waals surface area (Å²) in [4.78, 5) is 29.6. The highest BCUT2D eigenvalue weighted by molar-refractivity contribution is 7.22. The van der Waals surface area contributed by atoms with E-state index in [0.29, 0.717) is 9.58 Å². The summed E-state index contributed by atoms with van der Waals surface area (Å²) in [5.74, 6) is -2.39. The molecule has 0 aliphatic rings. The second-order valence-corrected chi connectivity index (χ2v) is 7.45. The molecular weight excluding hydrogens is 354 g/mol. The molecule has 1 aromatic carbocycles. The van der Waals surface area contributed by atoms with E-state index in [0.717, 1.165) is 28.3 Å². The van der Waals surface area contributed by atoms with Gasteiger partial charge in [-0.1, -0.05) is 11.3 Å². The lowest BCUT2D eigenvalue weighted by molar-refractivity contribution is -0.116. The fraction of sp³-hybridized carbons (Fsp3) is 0.188. The Bertz CT molecular complexity index is 894. The number of aryl methyl sites for hydroxylation is 1. The van der Waals surface area contributed by atoms with Crippen molar-refractivity contribution in [3.8, 4) is 0 Å². The molecule has 0 aliphatic heterocycles. The van der Waals surface area contributed by atoms with Gasteiger partial charge in [0, 0.05) is 23.8 Å². The fourth-order valence-corrected chi connectivity index (χ4v) is 3.82. The van der Waals surface area contributed by atoms with E-state index in [2.05, 4.69) is 10.3 Å². The summed E-state index contributed by atoms with van der Waals surface area (Å²) in [6, 6.07) is 5.63. The zero-order chi connectivity index (χ0) is 17.3. The van der Waals surface area contributed by atoms with Gasteiger partial charge >= 0.3 is 0 Å². The van der Waals surface area contributed by atoms with E-state index in [9.17, 15) is 18.4 Å². The van der Waals surface area contributed by atoms with Crippen molar-refractivity contribution in [1.82, 2.24) is 4.98 Å². The average molecular weight is 366 g/mol. The molecular formula is C16H12F2N2O2S2. The highest BCUT2D eigenvalue weighted by Gasteiger charge is 2.14. The lowest BCUT2D eigenvalue weighted by atomic mass is 10.2. The SMILES string of the molecule is Cc1ccc(C(=O)CCC(=O)Nc2nc3cc(F)c(F)cc3s2)s1. The first kappa shape index (κ1) is 16.7. The standard InChI is InChI=1S/C16H12F2N2O2S2/c1-8-2-4-13(23-8)12(21)3-5-15(22)20-16-19-11-6-9(17)10(18)7-14(11)24-16/h2,4,6-7H,3,5H2,1H3,(H,19,20,22). The van der Waals surface area contributed by atoms with Gasteiger partial charge in [0.2, 0.25) is 5.91 Å². The minimum absolute atomic E-state index is 0.0223. The first-order chi connectivity index (χ1) is 11.4. The number of hydrogen-bond acceptors (Lipinski definition) is 5. The number of aromatic nitrogens is 1. The topological polar surface area (TPSA) is 59.1 Å². The maximum absolute atomic E-state index is 13.2. The van der Waals surface area contributed by atoms with Crippen molar-refractivity contribution in [3.63, 3.8) is 0 Å². The number of Topliss-reactive ketones (excluding diaryl/α,β-unsaturated/α-hetero) is 1. The Kier molecular flexibility index (Phi) is 4.68. The Labute approximate surface area is 144 Å². The number of amides is 1. The van der Waals surface area contributed by atoms with Crippen LogP contribution in [0.15, 0.2) is 24.3 Å². The van der Waals surface area contributed by atoms with Crippen LogP contribution in [-0.2, 0) is 4.79 Å². The van der Waals surface area contributed by atoms with E-state index in [4.69, 9.17) is 0 Å². The Morgan fingerprint density at radius 1 is 1.12 bits per heavy atom. The maximum atomic E-state index is 13.2. The van der Waals surface area contributed by atoms with E-state index < -0.39 is 11.6 Å². The van der Waals surface area contributed by atoms with Crippen LogP contribution < -0.4 is 5.32 Å². The molecule has 1 N–H and O–H groups in total. The molecule has 0 saturated carbocycles. The molecule has 2 aromatic heterocycles. The summed E-state index contributed by atoms with van der Waals surface area (Å²) in [5, 5.41) is 2.81. The molecule has 0 bridgehead atoms. The van der Waals surface area contributed by atoms with Crippen LogP contribution in [0.25, 0.3) is 10.2 Å². The number of halogens is 2. The molecule has 4 nitrogen and oxygen atoms in total. The van der Waals surface area contributed by atoms with Gasteiger partial charge in [-0.2, -0.15) is 0 Å². The molecule has 24 heavy (non-hydrogen) atoms. The summed E-state index contributed by atoms with van der Waals surface area (Å²) in [5.41, 5.74) is 0.277. The summed E-state index contributed by atoms with van der Waals surface area (Å²) >= 11 is 2.44. The molecule has 0 spiro atoms. The largest absolute Gasteiger partial charge is 0.302 e. The number of nitrogens with one attached hydrogen (secondary N) is 1. The Hall–Kier alpha value is -2.19. The molecule has 3 rings (SSSR count). The summed E-state index contributed by atoms with van der Waals surface area (Å²) in [6.07, 6.45) is 0.119. The molecule has 3 aromatic rings. The number of thiazole rings is 1. The minimum Gasteiger partial charge on any atom is -0.302 e. The minimum atomic E-state index is -0.984. The lowest BCUT2D eigenvalue weighted by Crippen LogP contribution is -2.12. The number of nitrogens with zero attached hydrogens (tertiary/aromatic N) is 1. The van der Waals surface area contributed by atoms with Gasteiger partial charge in [0.05, 0.1) is 15.1 Å². The van der Waals surface area contributed by atoms with E-state index in [-0.39, 0.29) is 35.2 Å². The second kappa shape index (κ2) is 6.74. The number of hydrogen-bond donors (Lipinski definition) is 1. The Balaban J connectivity index is 1.61. The summed E-state index contributed by atoms with van der Waals surface area (Å²) in [7, 11) is 0. The molecule has 1 amide bonds. The van der Waals surface area contributed by atoms with E-state index in [1.54, 1.807) is 6.07 Å². The van der Waals surface area contributed by atoms with Crippen LogP contribution in [0, 0.1) is 18.6 Å². The summed E-state index contributed by atoms with van der Waals surface area (Å²) < 4.78 is 26.8. The number of ketones is 1. The average Bonchev–Trinajstić information content (AvgIpc) is 3.11. The Morgan fingerprint density at radius 2 is 1.88 bits per heavy atom. The smallest absolute Gasteiger partial charge is 0.226 e. The number of anilines is 1. The van der Waals surface area contributed by atoms with E-state index in [1.165, 1.54) is 11.3 Å². The summed E-state index contributed by atoms with van der Waals surface area (Å²) in [6.45, 7) is 1.91. The quantitative estimate of drug-likeness (QED) is 0.674. The number of thiophene rings is 1. The van der Waals surface area contributed by atoms with Crippen LogP contribution in [0.3, 0.4) is 0 Å². The molecule has 0 atom stereocenters. The third-order valence-corrected chi connectivity index (χ3v) is 5.25. The van der Waals surface area contributed by atoms with E-state index >= 15 is 0 Å². The van der Waals surface area contributed by atoms with Crippen LogP contribution in [-0.4, -0.2) is 16.7 Å². The number of benzene rings is 1. The predicted octanol–water partition coefficient (Wildman–Crippen LogP) is 4.55. The molecule has 124 valence electrons. The Morgan fingerprint density at radius 3 is 2.58 bits per heavy atom. The van der Waals surface area contributed by atoms with E-state index in [1.807, 2.05) is 13.0 Å². The zero-order valence-corrected chi connectivity index (χ0v) is 14.2. The van der Waals surface area contributed by atoms with Gasteiger partial charge in [0.15, 0.2) is 22.5 Å². The van der Waals surface area contributed by atoms with Gasteiger partial charge in [0.25, 0.3) is 0 Å². The second-order valence-electron chi connectivity index (χ2n) is 5.13. The highest BCUT2D eigenvalue weighted by atomic mass is 32.1. The molecule has 0 saturated heterocycles. The molecule has 0 unspecified atom stereocenters. The monoisotopic (exact) mass is 366 g/mol. The third-order valence-electron chi connectivity index (χ3n) is 3.27. The van der Waals surface area contributed by atoms with Crippen LogP contribution in [0.1, 0.15) is 27.4 Å². The van der Waals surface area contributed by atoms with Crippen molar-refractivity contribution >= 4 is 49.7 Å². The van der Waals surface area contributed by atoms with Gasteiger partial charge in [-0.3, -0.25) is 9.59 Å². The van der Waals surface area contributed by atoms with Crippen LogP contribution >= 0.6 is 22.7 Å². The number of carbonyl (C=O) groups is 2. The molecule has 8 heteroatoms. The first-order valence-corrected chi connectivity index (χ1v) is 8.71. The van der Waals surface area contributed by atoms with Crippen molar-refractivity contribution in [2.45, 2.75) is 19.8 Å². The molecule has 0 aliphatic carbocycles. The fourth-order valence-electron chi connectivity index (χ4n) is 2.09. The van der Waals surface area contributed by atoms with Gasteiger partial charge < -0.3 is 5.32 Å². The van der Waals surface area contributed by atoms with Gasteiger partial charge in [-0.05, 0) is 25.1 Å². The maximum Gasteiger partial charge on any atom is 0.226 e. The number of rotatable bonds is 5. The molecule has 0 radical (unpaired) electrons. The van der Waals surface area contributed by atoms with Gasteiger partial charge in [-0.25, -0.2) is 13.8 Å². The van der Waals surface area contributed by atoms with Crippen molar-refractivity contribution < 1.29 is 18.4 Å². The van der Waals surface area contributed by atoms with Gasteiger partial charge in [-0.15, -0.1) is 11.3 Å². The normalized spacial score (nSPS) is 11.0. The van der Waals surface area contributed by atoms with Crippen molar-refractivity contribution in [1.29, 1.82) is 0 Å². The lowest BCUT2D eigenvalue weighted by Gasteiger charge is -2.00. The molecule has 2 heterocycles. The van der Waals surface area contributed by atoms with Crippen LogP contribution in [0.4, 0.5) is 13.9 Å². The molecule has 0 fully saturated rings. The number of fused-ring (bicyclic) bond motifs is 1. The van der Waals surface area contributed by atoms with Crippen molar-refractivity contribution in [2.75, 3.05) is 5.32 Å². The number of carbonyl (C=O) groups excluding carboxylic acids is 2. The zero-order valence-electron chi connectivity index (χ0n) is 12.6. The van der Waals surface area contributed by atoms with Crippen molar-refractivity contribution in [2.24, 2.45) is 0 Å². The highest BCUT2D eigenvalue weighted by Crippen LogP contribution is 2.28. The predicted molar refractivity (Wildman–Crippen MR) is 90.8 cm³/mol. The third kappa shape index (κ3) is 3.65. The first-order valence-electron chi connectivity index (χ1n) is 7.07.